The van der Waals surface area contributed by atoms with E-state index in [9.17, 15) is 9.59 Å². The molecule has 1 aliphatic rings. The Morgan fingerprint density at radius 2 is 2.07 bits per heavy atom. The molecule has 0 unspecified atom stereocenters. The summed E-state index contributed by atoms with van der Waals surface area (Å²) >= 11 is 0. The molecule has 2 aromatic heterocycles. The molecule has 0 fully saturated rings. The predicted molar refractivity (Wildman–Crippen MR) is 111 cm³/mol. The van der Waals surface area contributed by atoms with Gasteiger partial charge in [0.05, 0.1) is 17.6 Å². The largest absolute Gasteiger partial charge is 0.383 e. The molecule has 0 aliphatic carbocycles. The van der Waals surface area contributed by atoms with E-state index >= 15 is 0 Å². The predicted octanol–water partition coefficient (Wildman–Crippen LogP) is 1.53. The highest BCUT2D eigenvalue weighted by molar-refractivity contribution is 5.97. The smallest absolute Gasteiger partial charge is 0.254 e. The van der Waals surface area contributed by atoms with Crippen molar-refractivity contribution in [1.29, 1.82) is 0 Å². The normalized spacial score (nSPS) is 13.6. The van der Waals surface area contributed by atoms with Crippen LogP contribution >= 0.6 is 0 Å². The Bertz CT molecular complexity index is 1130. The molecule has 1 amide bonds. The zero-order valence-corrected chi connectivity index (χ0v) is 16.9. The van der Waals surface area contributed by atoms with Crippen molar-refractivity contribution in [3.05, 3.63) is 57.5 Å². The number of hydrogen-bond acceptors (Lipinski definition) is 5. The minimum absolute atomic E-state index is 0.0148. The number of aromatic nitrogens is 3. The third-order valence-electron chi connectivity index (χ3n) is 5.42. The average molecular weight is 395 g/mol. The van der Waals surface area contributed by atoms with Crippen LogP contribution in [0, 0.1) is 0 Å². The second-order valence-electron chi connectivity index (χ2n) is 7.37. The molecule has 0 spiro atoms. The number of amides is 1. The standard InChI is InChI=1S/C21H25N5O3/c1-24-12-16-13-26(8-6-14(16)11-19(24)27)20(28)15-4-5-18-17(10-15)23-21(25(18)2)22-7-9-29-3/h4-5,10-12H,6-9,13H2,1-3H3,(H,22,23). The van der Waals surface area contributed by atoms with E-state index in [1.165, 1.54) is 0 Å². The van der Waals surface area contributed by atoms with Gasteiger partial charge >= 0.3 is 0 Å². The van der Waals surface area contributed by atoms with Crippen LogP contribution in [0.4, 0.5) is 5.95 Å². The number of nitrogens with zero attached hydrogens (tertiary/aromatic N) is 4. The summed E-state index contributed by atoms with van der Waals surface area (Å²) in [5.41, 5.74) is 4.39. The Morgan fingerprint density at radius 1 is 1.24 bits per heavy atom. The molecule has 8 heteroatoms. The maximum atomic E-state index is 13.1. The summed E-state index contributed by atoms with van der Waals surface area (Å²) in [4.78, 5) is 31.4. The summed E-state index contributed by atoms with van der Waals surface area (Å²) < 4.78 is 8.60. The molecule has 29 heavy (non-hydrogen) atoms. The molecule has 4 rings (SSSR count). The summed E-state index contributed by atoms with van der Waals surface area (Å²) in [6, 6.07) is 7.30. The molecular formula is C21H25N5O3. The average Bonchev–Trinajstić information content (AvgIpc) is 3.03. The molecule has 0 atom stereocenters. The molecule has 0 saturated carbocycles. The minimum Gasteiger partial charge on any atom is -0.383 e. The van der Waals surface area contributed by atoms with Gasteiger partial charge in [0.2, 0.25) is 5.95 Å². The Labute approximate surface area is 168 Å². The van der Waals surface area contributed by atoms with Gasteiger partial charge in [-0.3, -0.25) is 9.59 Å². The highest BCUT2D eigenvalue weighted by atomic mass is 16.5. The van der Waals surface area contributed by atoms with Gasteiger partial charge in [-0.05, 0) is 35.7 Å². The van der Waals surface area contributed by atoms with E-state index in [-0.39, 0.29) is 11.5 Å². The fraction of sp³-hybridized carbons (Fsp3) is 0.381. The number of nitrogens with one attached hydrogen (secondary N) is 1. The lowest BCUT2D eigenvalue weighted by molar-refractivity contribution is 0.0734. The molecular weight excluding hydrogens is 370 g/mol. The first-order chi connectivity index (χ1) is 14.0. The Balaban J connectivity index is 1.57. The van der Waals surface area contributed by atoms with Gasteiger partial charge in [-0.1, -0.05) is 0 Å². The lowest BCUT2D eigenvalue weighted by Crippen LogP contribution is -2.37. The number of pyridine rings is 1. The topological polar surface area (TPSA) is 81.4 Å². The fourth-order valence-electron chi connectivity index (χ4n) is 3.75. The van der Waals surface area contributed by atoms with Crippen LogP contribution in [0.5, 0.6) is 0 Å². The molecule has 8 nitrogen and oxygen atoms in total. The Hall–Kier alpha value is -3.13. The molecule has 152 valence electrons. The van der Waals surface area contributed by atoms with Gasteiger partial charge in [-0.25, -0.2) is 4.98 Å². The van der Waals surface area contributed by atoms with Crippen LogP contribution in [0.15, 0.2) is 35.3 Å². The van der Waals surface area contributed by atoms with Crippen molar-refractivity contribution in [1.82, 2.24) is 19.0 Å². The van der Waals surface area contributed by atoms with Crippen LogP contribution < -0.4 is 10.9 Å². The van der Waals surface area contributed by atoms with E-state index < -0.39 is 0 Å². The van der Waals surface area contributed by atoms with Crippen molar-refractivity contribution in [3.63, 3.8) is 0 Å². The van der Waals surface area contributed by atoms with Crippen molar-refractivity contribution in [2.24, 2.45) is 14.1 Å². The van der Waals surface area contributed by atoms with Crippen molar-refractivity contribution in [3.8, 4) is 0 Å². The number of ether oxygens (including phenoxy) is 1. The van der Waals surface area contributed by atoms with Crippen LogP contribution in [-0.4, -0.2) is 51.7 Å². The van der Waals surface area contributed by atoms with Crippen molar-refractivity contribution >= 4 is 22.9 Å². The SMILES string of the molecule is COCCNc1nc2cc(C(=O)N3CCc4cc(=O)n(C)cc4C3)ccc2n1C. The highest BCUT2D eigenvalue weighted by Crippen LogP contribution is 2.23. The van der Waals surface area contributed by atoms with E-state index in [2.05, 4.69) is 10.3 Å². The maximum absolute atomic E-state index is 13.1. The first-order valence-corrected chi connectivity index (χ1v) is 9.65. The van der Waals surface area contributed by atoms with Crippen LogP contribution in [-0.2, 0) is 31.8 Å². The van der Waals surface area contributed by atoms with Gasteiger partial charge in [0.1, 0.15) is 0 Å². The van der Waals surface area contributed by atoms with E-state index in [1.54, 1.807) is 24.8 Å². The maximum Gasteiger partial charge on any atom is 0.254 e. The summed E-state index contributed by atoms with van der Waals surface area (Å²) in [6.07, 6.45) is 2.52. The quantitative estimate of drug-likeness (QED) is 0.663. The number of aryl methyl sites for hydroxylation is 2. The second kappa shape index (κ2) is 7.71. The Kier molecular flexibility index (Phi) is 5.10. The highest BCUT2D eigenvalue weighted by Gasteiger charge is 2.23. The van der Waals surface area contributed by atoms with Crippen LogP contribution in [0.25, 0.3) is 11.0 Å². The summed E-state index contributed by atoms with van der Waals surface area (Å²) in [6.45, 7) is 2.36. The Morgan fingerprint density at radius 3 is 2.86 bits per heavy atom. The molecule has 0 radical (unpaired) electrons. The molecule has 1 aromatic carbocycles. The van der Waals surface area contributed by atoms with E-state index in [0.717, 1.165) is 28.1 Å². The molecule has 3 heterocycles. The van der Waals surface area contributed by atoms with Gasteiger partial charge in [-0.15, -0.1) is 0 Å². The van der Waals surface area contributed by atoms with E-state index in [0.29, 0.717) is 38.2 Å². The zero-order chi connectivity index (χ0) is 20.5. The third-order valence-corrected chi connectivity index (χ3v) is 5.42. The zero-order valence-electron chi connectivity index (χ0n) is 16.9. The third kappa shape index (κ3) is 3.63. The van der Waals surface area contributed by atoms with Crippen LogP contribution in [0.1, 0.15) is 21.5 Å². The van der Waals surface area contributed by atoms with Gasteiger partial charge in [0, 0.05) is 58.7 Å². The van der Waals surface area contributed by atoms with Crippen molar-refractivity contribution in [2.45, 2.75) is 13.0 Å². The lowest BCUT2D eigenvalue weighted by Gasteiger charge is -2.29. The first-order valence-electron chi connectivity index (χ1n) is 9.65. The van der Waals surface area contributed by atoms with Gasteiger partial charge in [0.15, 0.2) is 0 Å². The number of methoxy groups -OCH3 is 1. The monoisotopic (exact) mass is 395 g/mol. The van der Waals surface area contributed by atoms with Crippen molar-refractivity contribution in [2.75, 3.05) is 32.1 Å². The number of benzene rings is 1. The van der Waals surface area contributed by atoms with E-state index in [1.807, 2.05) is 40.9 Å². The number of rotatable bonds is 5. The molecule has 0 saturated heterocycles. The fourth-order valence-corrected chi connectivity index (χ4v) is 3.75. The molecule has 1 aliphatic heterocycles. The molecule has 0 bridgehead atoms. The van der Waals surface area contributed by atoms with Crippen molar-refractivity contribution < 1.29 is 9.53 Å². The summed E-state index contributed by atoms with van der Waals surface area (Å²) in [5, 5.41) is 3.24. The molecule has 3 aromatic rings. The van der Waals surface area contributed by atoms with E-state index in [4.69, 9.17) is 4.74 Å². The minimum atomic E-state index is -0.0223. The van der Waals surface area contributed by atoms with Crippen LogP contribution in [0.2, 0.25) is 0 Å². The number of anilines is 1. The number of imidazole rings is 1. The van der Waals surface area contributed by atoms with Gasteiger partial charge in [-0.2, -0.15) is 0 Å². The number of hydrogen-bond donors (Lipinski definition) is 1. The number of fused-ring (bicyclic) bond motifs is 2. The first kappa shape index (κ1) is 19.2. The van der Waals surface area contributed by atoms with Gasteiger partial charge < -0.3 is 24.1 Å². The summed E-state index contributed by atoms with van der Waals surface area (Å²) in [7, 11) is 5.33. The number of carbonyl (C=O) groups is 1. The number of carbonyl (C=O) groups excluding carboxylic acids is 1. The van der Waals surface area contributed by atoms with Crippen LogP contribution in [0.3, 0.4) is 0 Å². The molecule has 1 N–H and O–H groups in total. The lowest BCUT2D eigenvalue weighted by atomic mass is 10.0. The van der Waals surface area contributed by atoms with Gasteiger partial charge in [0.25, 0.3) is 11.5 Å². The second-order valence-corrected chi connectivity index (χ2v) is 7.37. The summed E-state index contributed by atoms with van der Waals surface area (Å²) in [5.74, 6) is 0.723.